The van der Waals surface area contributed by atoms with Crippen LogP contribution in [0, 0.1) is 0 Å². The lowest BCUT2D eigenvalue weighted by Gasteiger charge is -2.34. The van der Waals surface area contributed by atoms with Crippen LogP contribution in [0.5, 0.6) is 17.2 Å². The van der Waals surface area contributed by atoms with E-state index in [4.69, 9.17) is 25.8 Å². The highest BCUT2D eigenvalue weighted by Gasteiger charge is 2.16. The van der Waals surface area contributed by atoms with Crippen LogP contribution in [0.4, 0.5) is 0 Å². The summed E-state index contributed by atoms with van der Waals surface area (Å²) in [7, 11) is 3.34. The van der Waals surface area contributed by atoms with Crippen molar-refractivity contribution in [3.05, 3.63) is 53.1 Å². The van der Waals surface area contributed by atoms with Crippen LogP contribution in [0.25, 0.3) is 0 Å². The van der Waals surface area contributed by atoms with Gasteiger partial charge in [-0.15, -0.1) is 24.8 Å². The first kappa shape index (κ1) is 26.7. The fourth-order valence-corrected chi connectivity index (χ4v) is 3.51. The van der Waals surface area contributed by atoms with Crippen LogP contribution >= 0.6 is 36.4 Å². The Balaban J connectivity index is 0.00000225. The van der Waals surface area contributed by atoms with Gasteiger partial charge in [-0.25, -0.2) is 0 Å². The molecular formula is C22H31Cl3N2O3. The van der Waals surface area contributed by atoms with E-state index in [0.29, 0.717) is 6.61 Å². The number of hydrogen-bond acceptors (Lipinski definition) is 5. The third-order valence-electron chi connectivity index (χ3n) is 5.12. The number of ether oxygens (including phenoxy) is 3. The topological polar surface area (TPSA) is 34.2 Å². The van der Waals surface area contributed by atoms with Gasteiger partial charge >= 0.3 is 0 Å². The fraction of sp³-hybridized carbons (Fsp3) is 0.455. The lowest BCUT2D eigenvalue weighted by Crippen LogP contribution is -2.47. The van der Waals surface area contributed by atoms with Crippen molar-refractivity contribution >= 4 is 36.4 Å². The number of benzene rings is 2. The molecule has 1 saturated heterocycles. The maximum absolute atomic E-state index is 5.89. The second-order valence-corrected chi connectivity index (χ2v) is 7.36. The first-order valence-electron chi connectivity index (χ1n) is 9.72. The van der Waals surface area contributed by atoms with Crippen LogP contribution in [-0.4, -0.2) is 69.9 Å². The predicted molar refractivity (Wildman–Crippen MR) is 128 cm³/mol. The van der Waals surface area contributed by atoms with Gasteiger partial charge in [-0.2, -0.15) is 0 Å². The molecule has 0 amide bonds. The molecule has 5 nitrogen and oxygen atoms in total. The van der Waals surface area contributed by atoms with Crippen LogP contribution in [0.1, 0.15) is 5.56 Å². The Morgan fingerprint density at radius 3 is 2.00 bits per heavy atom. The number of piperazine rings is 1. The average molecular weight is 478 g/mol. The first-order chi connectivity index (χ1) is 13.7. The van der Waals surface area contributed by atoms with Crippen molar-refractivity contribution in [2.24, 2.45) is 0 Å². The highest BCUT2D eigenvalue weighted by molar-refractivity contribution is 6.30. The Morgan fingerprint density at radius 1 is 0.800 bits per heavy atom. The summed E-state index contributed by atoms with van der Waals surface area (Å²) in [5, 5.41) is 0.733. The maximum Gasteiger partial charge on any atom is 0.160 e. The molecule has 1 fully saturated rings. The van der Waals surface area contributed by atoms with Gasteiger partial charge in [0.1, 0.15) is 12.4 Å². The van der Waals surface area contributed by atoms with E-state index >= 15 is 0 Å². The number of halogens is 3. The molecule has 0 unspecified atom stereocenters. The smallest absolute Gasteiger partial charge is 0.160 e. The third kappa shape index (κ3) is 8.05. The number of nitrogens with zero attached hydrogens (tertiary/aromatic N) is 2. The van der Waals surface area contributed by atoms with Gasteiger partial charge in [0, 0.05) is 44.3 Å². The molecule has 168 valence electrons. The van der Waals surface area contributed by atoms with Crippen molar-refractivity contribution < 1.29 is 14.2 Å². The second-order valence-electron chi connectivity index (χ2n) is 6.92. The summed E-state index contributed by atoms with van der Waals surface area (Å²) in [6.45, 7) is 7.05. The molecule has 0 bridgehead atoms. The summed E-state index contributed by atoms with van der Waals surface area (Å²) in [5.74, 6) is 2.45. The Hall–Kier alpha value is -1.37. The summed E-state index contributed by atoms with van der Waals surface area (Å²) in [5.41, 5.74) is 1.27. The van der Waals surface area contributed by atoms with Crippen LogP contribution < -0.4 is 14.2 Å². The molecule has 0 atom stereocenters. The largest absolute Gasteiger partial charge is 0.493 e. The Bertz CT molecular complexity index is 739. The van der Waals surface area contributed by atoms with Gasteiger partial charge in [-0.05, 0) is 48.4 Å². The molecule has 0 spiro atoms. The van der Waals surface area contributed by atoms with Crippen molar-refractivity contribution in [3.8, 4) is 17.2 Å². The summed E-state index contributed by atoms with van der Waals surface area (Å²) >= 11 is 5.89. The summed E-state index contributed by atoms with van der Waals surface area (Å²) in [6, 6.07) is 13.7. The van der Waals surface area contributed by atoms with E-state index in [1.54, 1.807) is 14.2 Å². The molecule has 2 aromatic carbocycles. The average Bonchev–Trinajstić information content (AvgIpc) is 2.74. The first-order valence-corrected chi connectivity index (χ1v) is 10.1. The molecule has 3 rings (SSSR count). The molecule has 1 aliphatic heterocycles. The molecular weight excluding hydrogens is 447 g/mol. The fourth-order valence-electron chi connectivity index (χ4n) is 3.38. The summed E-state index contributed by atoms with van der Waals surface area (Å²) < 4.78 is 16.5. The van der Waals surface area contributed by atoms with E-state index in [-0.39, 0.29) is 24.8 Å². The molecule has 2 aromatic rings. The molecule has 0 aliphatic carbocycles. The van der Waals surface area contributed by atoms with Gasteiger partial charge in [0.15, 0.2) is 11.5 Å². The summed E-state index contributed by atoms with van der Waals surface area (Å²) in [4.78, 5) is 4.98. The molecule has 0 aromatic heterocycles. The SMILES string of the molecule is COc1ccc(CCN2CCN(CCOc3ccc(Cl)cc3)CC2)cc1OC.Cl.Cl. The van der Waals surface area contributed by atoms with E-state index in [0.717, 1.165) is 68.0 Å². The lowest BCUT2D eigenvalue weighted by molar-refractivity contribution is 0.118. The van der Waals surface area contributed by atoms with E-state index in [9.17, 15) is 0 Å². The Morgan fingerprint density at radius 2 is 1.40 bits per heavy atom. The van der Waals surface area contributed by atoms with Gasteiger partial charge in [0.25, 0.3) is 0 Å². The highest BCUT2D eigenvalue weighted by atomic mass is 35.5. The monoisotopic (exact) mass is 476 g/mol. The minimum absolute atomic E-state index is 0. The lowest BCUT2D eigenvalue weighted by atomic mass is 10.1. The maximum atomic E-state index is 5.89. The van der Waals surface area contributed by atoms with Gasteiger partial charge in [0.05, 0.1) is 14.2 Å². The van der Waals surface area contributed by atoms with Gasteiger partial charge in [0.2, 0.25) is 0 Å². The van der Waals surface area contributed by atoms with E-state index < -0.39 is 0 Å². The Labute approximate surface area is 197 Å². The van der Waals surface area contributed by atoms with Crippen molar-refractivity contribution in [2.45, 2.75) is 6.42 Å². The normalized spacial score (nSPS) is 14.4. The highest BCUT2D eigenvalue weighted by Crippen LogP contribution is 2.27. The number of hydrogen-bond donors (Lipinski definition) is 0. The van der Waals surface area contributed by atoms with E-state index in [1.807, 2.05) is 30.3 Å². The van der Waals surface area contributed by atoms with Crippen molar-refractivity contribution in [3.63, 3.8) is 0 Å². The van der Waals surface area contributed by atoms with Crippen molar-refractivity contribution in [1.29, 1.82) is 0 Å². The van der Waals surface area contributed by atoms with Crippen molar-refractivity contribution in [2.75, 3.05) is 60.1 Å². The molecule has 30 heavy (non-hydrogen) atoms. The zero-order valence-corrected chi connectivity index (χ0v) is 19.9. The van der Waals surface area contributed by atoms with Crippen molar-refractivity contribution in [1.82, 2.24) is 9.80 Å². The van der Waals surface area contributed by atoms with Crippen LogP contribution in [0.2, 0.25) is 5.02 Å². The van der Waals surface area contributed by atoms with Crippen LogP contribution in [-0.2, 0) is 6.42 Å². The quantitative estimate of drug-likeness (QED) is 0.533. The standard InChI is InChI=1S/C22H29ClN2O3.2ClH/c1-26-21-8-3-18(17-22(21)27-2)9-10-24-11-13-25(14-12-24)15-16-28-20-6-4-19(23)5-7-20;;/h3-8,17H,9-16H2,1-2H3;2*1H. The van der Waals surface area contributed by atoms with E-state index in [2.05, 4.69) is 21.9 Å². The van der Waals surface area contributed by atoms with Crippen LogP contribution in [0.15, 0.2) is 42.5 Å². The zero-order chi connectivity index (χ0) is 19.8. The van der Waals surface area contributed by atoms with Gasteiger partial charge < -0.3 is 19.1 Å². The molecule has 0 radical (unpaired) electrons. The molecule has 0 N–H and O–H groups in total. The molecule has 1 heterocycles. The molecule has 0 saturated carbocycles. The number of methoxy groups -OCH3 is 2. The minimum Gasteiger partial charge on any atom is -0.493 e. The second kappa shape index (κ2) is 13.8. The molecule has 1 aliphatic rings. The molecule has 8 heteroatoms. The number of rotatable bonds is 9. The zero-order valence-electron chi connectivity index (χ0n) is 17.5. The van der Waals surface area contributed by atoms with Crippen LogP contribution in [0.3, 0.4) is 0 Å². The van der Waals surface area contributed by atoms with Gasteiger partial charge in [-0.1, -0.05) is 17.7 Å². The third-order valence-corrected chi connectivity index (χ3v) is 5.37. The van der Waals surface area contributed by atoms with E-state index in [1.165, 1.54) is 5.56 Å². The minimum atomic E-state index is 0. The predicted octanol–water partition coefficient (Wildman–Crippen LogP) is 4.44. The Kier molecular flexibility index (Phi) is 12.3. The van der Waals surface area contributed by atoms with Gasteiger partial charge in [-0.3, -0.25) is 4.90 Å². The summed E-state index contributed by atoms with van der Waals surface area (Å²) in [6.07, 6.45) is 1.01.